The first kappa shape index (κ1) is 18.3. The van der Waals surface area contributed by atoms with Crippen LogP contribution in [0.5, 0.6) is 5.75 Å². The zero-order valence-corrected chi connectivity index (χ0v) is 14.8. The van der Waals surface area contributed by atoms with Crippen LogP contribution in [0.15, 0.2) is 43.0 Å². The lowest BCUT2D eigenvalue weighted by molar-refractivity contribution is -0.300. The average Bonchev–Trinajstić information content (AvgIpc) is 2.88. The number of rotatable bonds is 3. The average molecular weight is 327 g/mol. The molecule has 0 amide bonds. The van der Waals surface area contributed by atoms with E-state index >= 15 is 0 Å². The summed E-state index contributed by atoms with van der Waals surface area (Å²) in [6, 6.07) is 6.89. The molecule has 24 heavy (non-hydrogen) atoms. The predicted octanol–water partition coefficient (Wildman–Crippen LogP) is 3.79. The van der Waals surface area contributed by atoms with Crippen LogP contribution in [0, 0.1) is 22.7 Å². The first-order chi connectivity index (χ1) is 11.1. The van der Waals surface area contributed by atoms with Crippen molar-refractivity contribution in [2.75, 3.05) is 0 Å². The standard InChI is InChI=1S/C13H20O2.C8H8O/c1-8(11(14)15)10-7-9-5-6-13(10,4)12(9,2)3;1-2-7-3-5-8(9)6-4-7/h9-10H,1,5-7H2,2-4H3,(H,14,15);2-6,9H,1H2/p-1/t9-,10?,13-;/m1./s1. The fourth-order valence-electron chi connectivity index (χ4n) is 4.48. The van der Waals surface area contributed by atoms with E-state index in [0.717, 1.165) is 18.4 Å². The molecule has 0 spiro atoms. The minimum absolute atomic E-state index is 0.106. The molecule has 0 radical (unpaired) electrons. The molecule has 3 heteroatoms. The van der Waals surface area contributed by atoms with E-state index in [1.807, 2.05) is 12.1 Å². The Morgan fingerprint density at radius 3 is 2.25 bits per heavy atom. The van der Waals surface area contributed by atoms with Gasteiger partial charge in [0, 0.05) is 0 Å². The number of carboxylic acid groups (broad SMARTS) is 1. The van der Waals surface area contributed by atoms with Crippen molar-refractivity contribution >= 4 is 12.0 Å². The number of hydrogen-bond acceptors (Lipinski definition) is 3. The third-order valence-electron chi connectivity index (χ3n) is 6.61. The number of benzene rings is 1. The van der Waals surface area contributed by atoms with E-state index in [1.54, 1.807) is 18.2 Å². The van der Waals surface area contributed by atoms with Gasteiger partial charge in [0.1, 0.15) is 5.75 Å². The molecule has 0 aliphatic heterocycles. The van der Waals surface area contributed by atoms with Gasteiger partial charge in [-0.15, -0.1) is 0 Å². The first-order valence-corrected chi connectivity index (χ1v) is 8.45. The van der Waals surface area contributed by atoms with Gasteiger partial charge in [-0.1, -0.05) is 52.1 Å². The molecule has 0 aromatic heterocycles. The molecular formula is C21H27O3-. The lowest BCUT2D eigenvalue weighted by atomic mass is 9.65. The minimum atomic E-state index is -1.07. The van der Waals surface area contributed by atoms with Gasteiger partial charge in [-0.2, -0.15) is 0 Å². The van der Waals surface area contributed by atoms with Crippen molar-refractivity contribution < 1.29 is 15.0 Å². The van der Waals surface area contributed by atoms with Crippen LogP contribution in [0.1, 0.15) is 45.6 Å². The summed E-state index contributed by atoms with van der Waals surface area (Å²) in [7, 11) is 0. The summed E-state index contributed by atoms with van der Waals surface area (Å²) >= 11 is 0. The topological polar surface area (TPSA) is 60.4 Å². The van der Waals surface area contributed by atoms with Crippen molar-refractivity contribution in [3.8, 4) is 5.75 Å². The Balaban J connectivity index is 0.000000198. The van der Waals surface area contributed by atoms with E-state index in [9.17, 15) is 9.90 Å². The zero-order chi connectivity index (χ0) is 18.1. The molecule has 3 atom stereocenters. The summed E-state index contributed by atoms with van der Waals surface area (Å²) in [6.45, 7) is 14.0. The molecule has 0 saturated heterocycles. The molecule has 2 aliphatic carbocycles. The molecule has 1 unspecified atom stereocenters. The highest BCUT2D eigenvalue weighted by Crippen LogP contribution is 2.69. The first-order valence-electron chi connectivity index (χ1n) is 8.45. The number of hydrogen-bond donors (Lipinski definition) is 1. The molecule has 130 valence electrons. The van der Waals surface area contributed by atoms with Crippen LogP contribution in [0.2, 0.25) is 0 Å². The van der Waals surface area contributed by atoms with Crippen LogP contribution in [0.3, 0.4) is 0 Å². The fourth-order valence-corrected chi connectivity index (χ4v) is 4.48. The van der Waals surface area contributed by atoms with Gasteiger partial charge in [0.2, 0.25) is 0 Å². The fraction of sp³-hybridized carbons (Fsp3) is 0.476. The Labute approximate surface area is 144 Å². The lowest BCUT2D eigenvalue weighted by Gasteiger charge is -2.40. The maximum atomic E-state index is 10.9. The van der Waals surface area contributed by atoms with Crippen molar-refractivity contribution in [3.63, 3.8) is 0 Å². The van der Waals surface area contributed by atoms with E-state index < -0.39 is 5.97 Å². The predicted molar refractivity (Wildman–Crippen MR) is 95.1 cm³/mol. The van der Waals surface area contributed by atoms with Gasteiger partial charge in [-0.3, -0.25) is 0 Å². The Bertz CT molecular complexity index is 642. The van der Waals surface area contributed by atoms with Crippen molar-refractivity contribution in [2.24, 2.45) is 22.7 Å². The number of phenols is 1. The van der Waals surface area contributed by atoms with Crippen molar-refractivity contribution in [3.05, 3.63) is 48.6 Å². The van der Waals surface area contributed by atoms with Gasteiger partial charge in [0.05, 0.1) is 5.97 Å². The molecule has 3 rings (SSSR count). The highest BCUT2D eigenvalue weighted by molar-refractivity contribution is 5.84. The Hall–Kier alpha value is -2.03. The van der Waals surface area contributed by atoms with E-state index in [0.29, 0.717) is 17.2 Å². The van der Waals surface area contributed by atoms with Gasteiger partial charge in [0.15, 0.2) is 0 Å². The van der Waals surface area contributed by atoms with E-state index in [1.165, 1.54) is 6.42 Å². The number of carbonyl (C=O) groups excluding carboxylic acids is 1. The summed E-state index contributed by atoms with van der Waals surface area (Å²) in [6.07, 6.45) is 5.08. The molecule has 1 N–H and O–H groups in total. The largest absolute Gasteiger partial charge is 0.545 e. The Morgan fingerprint density at radius 1 is 1.29 bits per heavy atom. The molecule has 2 saturated carbocycles. The van der Waals surface area contributed by atoms with Gasteiger partial charge < -0.3 is 15.0 Å². The second-order valence-corrected chi connectivity index (χ2v) is 7.77. The Kier molecular flexibility index (Phi) is 4.93. The molecular weight excluding hydrogens is 300 g/mol. The van der Waals surface area contributed by atoms with Crippen LogP contribution in [-0.4, -0.2) is 11.1 Å². The van der Waals surface area contributed by atoms with Gasteiger partial charge in [0.25, 0.3) is 0 Å². The molecule has 1 aromatic carbocycles. The van der Waals surface area contributed by atoms with Crippen LogP contribution >= 0.6 is 0 Å². The molecule has 2 fully saturated rings. The summed E-state index contributed by atoms with van der Waals surface area (Å²) in [5.41, 5.74) is 1.69. The lowest BCUT2D eigenvalue weighted by Crippen LogP contribution is -2.37. The maximum Gasteiger partial charge on any atom is 0.115 e. The maximum absolute atomic E-state index is 10.9. The van der Waals surface area contributed by atoms with Gasteiger partial charge >= 0.3 is 0 Å². The third-order valence-corrected chi connectivity index (χ3v) is 6.61. The van der Waals surface area contributed by atoms with E-state index in [4.69, 9.17) is 5.11 Å². The van der Waals surface area contributed by atoms with E-state index in [-0.39, 0.29) is 16.7 Å². The van der Waals surface area contributed by atoms with Crippen molar-refractivity contribution in [1.29, 1.82) is 0 Å². The number of carbonyl (C=O) groups is 1. The number of aromatic hydroxyl groups is 1. The van der Waals surface area contributed by atoms with Crippen LogP contribution in [0.4, 0.5) is 0 Å². The zero-order valence-electron chi connectivity index (χ0n) is 14.8. The molecule has 0 heterocycles. The van der Waals surface area contributed by atoms with Crippen molar-refractivity contribution in [2.45, 2.75) is 40.0 Å². The number of fused-ring (bicyclic) bond motifs is 2. The molecule has 3 nitrogen and oxygen atoms in total. The molecule has 2 bridgehead atoms. The monoisotopic (exact) mass is 327 g/mol. The van der Waals surface area contributed by atoms with Gasteiger partial charge in [-0.05, 0) is 65.2 Å². The SMILES string of the molecule is C=C(C(=O)[O-])C1C[C@H]2CC[C@@]1(C)C2(C)C.C=Cc1ccc(O)cc1. The quantitative estimate of drug-likeness (QED) is 0.859. The second kappa shape index (κ2) is 6.46. The highest BCUT2D eigenvalue weighted by Gasteiger charge is 2.61. The van der Waals surface area contributed by atoms with E-state index in [2.05, 4.69) is 33.9 Å². The van der Waals surface area contributed by atoms with Crippen LogP contribution < -0.4 is 5.11 Å². The van der Waals surface area contributed by atoms with Crippen LogP contribution in [-0.2, 0) is 4.79 Å². The summed E-state index contributed by atoms with van der Waals surface area (Å²) in [5, 5.41) is 19.7. The number of carboxylic acids is 1. The number of aliphatic carboxylic acids is 1. The summed E-state index contributed by atoms with van der Waals surface area (Å²) in [4.78, 5) is 10.9. The smallest absolute Gasteiger partial charge is 0.115 e. The summed E-state index contributed by atoms with van der Waals surface area (Å²) < 4.78 is 0. The second-order valence-electron chi connectivity index (χ2n) is 7.77. The minimum Gasteiger partial charge on any atom is -0.545 e. The molecule has 2 aliphatic rings. The highest BCUT2D eigenvalue weighted by atomic mass is 16.4. The normalized spacial score (nSPS) is 29.5. The van der Waals surface area contributed by atoms with Crippen molar-refractivity contribution in [1.82, 2.24) is 0 Å². The van der Waals surface area contributed by atoms with Gasteiger partial charge in [-0.25, -0.2) is 0 Å². The third kappa shape index (κ3) is 3.00. The summed E-state index contributed by atoms with van der Waals surface area (Å²) in [5.74, 6) is 0.00465. The Morgan fingerprint density at radius 2 is 1.88 bits per heavy atom. The van der Waals surface area contributed by atoms with Crippen LogP contribution in [0.25, 0.3) is 6.08 Å². The molecule has 1 aromatic rings. The number of phenolic OH excluding ortho intramolecular Hbond substituents is 1.